The van der Waals surface area contributed by atoms with E-state index >= 15 is 0 Å². The van der Waals surface area contributed by atoms with Crippen molar-refractivity contribution in [3.8, 4) is 0 Å². The molecular weight excluding hydrogens is 146 g/mol. The fourth-order valence-corrected chi connectivity index (χ4v) is 2.21. The molecule has 1 saturated carbocycles. The molecular formula is C11H23N. The average molecular weight is 169 g/mol. The van der Waals surface area contributed by atoms with E-state index in [-0.39, 0.29) is 0 Å². The van der Waals surface area contributed by atoms with Crippen molar-refractivity contribution in [2.75, 3.05) is 0 Å². The van der Waals surface area contributed by atoms with Crippen molar-refractivity contribution >= 4 is 0 Å². The van der Waals surface area contributed by atoms with Gasteiger partial charge in [0.05, 0.1) is 0 Å². The van der Waals surface area contributed by atoms with Gasteiger partial charge in [0, 0.05) is 12.1 Å². The maximum Gasteiger partial charge on any atom is 0.00696 e. The van der Waals surface area contributed by atoms with Crippen molar-refractivity contribution in [1.82, 2.24) is 5.32 Å². The van der Waals surface area contributed by atoms with E-state index in [2.05, 4.69) is 26.1 Å². The number of hydrogen-bond donors (Lipinski definition) is 1. The molecule has 1 nitrogen and oxygen atoms in total. The molecule has 0 aromatic heterocycles. The summed E-state index contributed by atoms with van der Waals surface area (Å²) in [6.45, 7) is 6.80. The highest BCUT2D eigenvalue weighted by molar-refractivity contribution is 4.77. The molecule has 1 aliphatic carbocycles. The molecule has 72 valence electrons. The van der Waals surface area contributed by atoms with Gasteiger partial charge in [-0.3, -0.25) is 0 Å². The fourth-order valence-electron chi connectivity index (χ4n) is 2.21. The van der Waals surface area contributed by atoms with E-state index in [0.717, 1.165) is 12.0 Å². The highest BCUT2D eigenvalue weighted by Crippen LogP contribution is 2.26. The molecule has 0 unspecified atom stereocenters. The number of hydrogen-bond acceptors (Lipinski definition) is 1. The lowest BCUT2D eigenvalue weighted by molar-refractivity contribution is 0.276. The predicted octanol–water partition coefficient (Wildman–Crippen LogP) is 2.95. The summed E-state index contributed by atoms with van der Waals surface area (Å²) >= 11 is 0. The van der Waals surface area contributed by atoms with Crippen molar-refractivity contribution in [1.29, 1.82) is 0 Å². The highest BCUT2D eigenvalue weighted by Gasteiger charge is 2.19. The molecule has 0 bridgehead atoms. The van der Waals surface area contributed by atoms with E-state index in [4.69, 9.17) is 0 Å². The topological polar surface area (TPSA) is 12.0 Å². The second-order valence-electron chi connectivity index (χ2n) is 4.45. The lowest BCUT2D eigenvalue weighted by Crippen LogP contribution is -2.37. The molecule has 1 fully saturated rings. The van der Waals surface area contributed by atoms with Crippen LogP contribution in [0.4, 0.5) is 0 Å². The van der Waals surface area contributed by atoms with E-state index < -0.39 is 0 Å². The fraction of sp³-hybridized carbons (Fsp3) is 1.00. The summed E-state index contributed by atoms with van der Waals surface area (Å²) in [6.07, 6.45) is 7.07. The van der Waals surface area contributed by atoms with Gasteiger partial charge in [0.15, 0.2) is 0 Å². The molecule has 0 heterocycles. The first-order valence-corrected chi connectivity index (χ1v) is 5.48. The molecule has 0 atom stereocenters. The summed E-state index contributed by atoms with van der Waals surface area (Å²) < 4.78 is 0. The molecule has 0 aliphatic heterocycles. The van der Waals surface area contributed by atoms with Crippen LogP contribution >= 0.6 is 0 Å². The monoisotopic (exact) mass is 169 g/mol. The SMILES string of the molecule is CCC1CCC(NC(C)C)CC1. The minimum Gasteiger partial charge on any atom is -0.312 e. The van der Waals surface area contributed by atoms with Crippen molar-refractivity contribution < 1.29 is 0 Å². The summed E-state index contributed by atoms with van der Waals surface area (Å²) in [5, 5.41) is 3.63. The summed E-state index contributed by atoms with van der Waals surface area (Å²) in [6, 6.07) is 1.47. The maximum atomic E-state index is 3.63. The Kier molecular flexibility index (Phi) is 4.07. The minimum atomic E-state index is 0.660. The Hall–Kier alpha value is -0.0400. The molecule has 0 saturated heterocycles. The first-order valence-electron chi connectivity index (χ1n) is 5.48. The Morgan fingerprint density at radius 2 is 1.75 bits per heavy atom. The van der Waals surface area contributed by atoms with E-state index in [1.54, 1.807) is 0 Å². The van der Waals surface area contributed by atoms with Crippen LogP contribution in [0.2, 0.25) is 0 Å². The van der Waals surface area contributed by atoms with Crippen LogP contribution in [0.15, 0.2) is 0 Å². The van der Waals surface area contributed by atoms with E-state index in [1.807, 2.05) is 0 Å². The van der Waals surface area contributed by atoms with Crippen LogP contribution < -0.4 is 5.32 Å². The Morgan fingerprint density at radius 3 is 2.17 bits per heavy atom. The van der Waals surface area contributed by atoms with Gasteiger partial charge in [-0.05, 0) is 31.6 Å². The predicted molar refractivity (Wildman–Crippen MR) is 54.3 cm³/mol. The Morgan fingerprint density at radius 1 is 1.17 bits per heavy atom. The third kappa shape index (κ3) is 3.14. The van der Waals surface area contributed by atoms with Crippen LogP contribution in [0.1, 0.15) is 52.9 Å². The molecule has 0 spiro atoms. The van der Waals surface area contributed by atoms with Crippen LogP contribution in [0.25, 0.3) is 0 Å². The van der Waals surface area contributed by atoms with Crippen molar-refractivity contribution in [2.24, 2.45) is 5.92 Å². The van der Waals surface area contributed by atoms with Crippen LogP contribution in [-0.4, -0.2) is 12.1 Å². The van der Waals surface area contributed by atoms with E-state index in [0.29, 0.717) is 6.04 Å². The van der Waals surface area contributed by atoms with Crippen molar-refractivity contribution in [2.45, 2.75) is 65.0 Å². The van der Waals surface area contributed by atoms with Crippen LogP contribution in [0.5, 0.6) is 0 Å². The summed E-state index contributed by atoms with van der Waals surface area (Å²) in [5.74, 6) is 1.02. The molecule has 1 N–H and O–H groups in total. The second-order valence-corrected chi connectivity index (χ2v) is 4.45. The van der Waals surface area contributed by atoms with Crippen LogP contribution in [-0.2, 0) is 0 Å². The van der Waals surface area contributed by atoms with Gasteiger partial charge in [-0.2, -0.15) is 0 Å². The smallest absolute Gasteiger partial charge is 0.00696 e. The largest absolute Gasteiger partial charge is 0.312 e. The molecule has 0 amide bonds. The van der Waals surface area contributed by atoms with Gasteiger partial charge in [-0.15, -0.1) is 0 Å². The highest BCUT2D eigenvalue weighted by atomic mass is 14.9. The molecule has 0 aromatic carbocycles. The third-order valence-electron chi connectivity index (χ3n) is 2.99. The van der Waals surface area contributed by atoms with Gasteiger partial charge in [0.1, 0.15) is 0 Å². The standard InChI is InChI=1S/C11H23N/c1-4-10-5-7-11(8-6-10)12-9(2)3/h9-12H,4-8H2,1-3H3. The first-order chi connectivity index (χ1) is 5.72. The minimum absolute atomic E-state index is 0.660. The molecule has 0 aromatic rings. The zero-order chi connectivity index (χ0) is 8.97. The normalized spacial score (nSPS) is 31.0. The van der Waals surface area contributed by atoms with Gasteiger partial charge in [0.25, 0.3) is 0 Å². The molecule has 1 heteroatoms. The Balaban J connectivity index is 2.17. The molecule has 0 radical (unpaired) electrons. The van der Waals surface area contributed by atoms with Gasteiger partial charge in [0.2, 0.25) is 0 Å². The summed E-state index contributed by atoms with van der Waals surface area (Å²) in [4.78, 5) is 0. The van der Waals surface area contributed by atoms with Crippen molar-refractivity contribution in [3.05, 3.63) is 0 Å². The Labute approximate surface area is 76.9 Å². The van der Waals surface area contributed by atoms with Gasteiger partial charge in [-0.25, -0.2) is 0 Å². The van der Waals surface area contributed by atoms with E-state index in [9.17, 15) is 0 Å². The van der Waals surface area contributed by atoms with Gasteiger partial charge in [-0.1, -0.05) is 27.2 Å². The molecule has 12 heavy (non-hydrogen) atoms. The number of nitrogens with one attached hydrogen (secondary N) is 1. The van der Waals surface area contributed by atoms with Gasteiger partial charge < -0.3 is 5.32 Å². The lowest BCUT2D eigenvalue weighted by Gasteiger charge is -2.29. The third-order valence-corrected chi connectivity index (χ3v) is 2.99. The Bertz CT molecular complexity index is 112. The number of rotatable bonds is 3. The zero-order valence-electron chi connectivity index (χ0n) is 8.77. The lowest BCUT2D eigenvalue weighted by atomic mass is 9.84. The van der Waals surface area contributed by atoms with Gasteiger partial charge >= 0.3 is 0 Å². The quantitative estimate of drug-likeness (QED) is 0.685. The van der Waals surface area contributed by atoms with E-state index in [1.165, 1.54) is 32.1 Å². The summed E-state index contributed by atoms with van der Waals surface area (Å²) in [5.41, 5.74) is 0. The molecule has 1 rings (SSSR count). The molecule has 1 aliphatic rings. The second kappa shape index (κ2) is 4.86. The van der Waals surface area contributed by atoms with Crippen LogP contribution in [0, 0.1) is 5.92 Å². The maximum absolute atomic E-state index is 3.63. The average Bonchev–Trinajstić information content (AvgIpc) is 2.05. The van der Waals surface area contributed by atoms with Crippen LogP contribution in [0.3, 0.4) is 0 Å². The summed E-state index contributed by atoms with van der Waals surface area (Å²) in [7, 11) is 0. The van der Waals surface area contributed by atoms with Crippen molar-refractivity contribution in [3.63, 3.8) is 0 Å². The zero-order valence-corrected chi connectivity index (χ0v) is 8.77. The first kappa shape index (κ1) is 10.0.